The van der Waals surface area contributed by atoms with Crippen molar-refractivity contribution in [3.8, 4) is 16.9 Å². The van der Waals surface area contributed by atoms with Gasteiger partial charge in [-0.25, -0.2) is 0 Å². The van der Waals surface area contributed by atoms with E-state index in [1.165, 1.54) is 0 Å². The molecule has 0 bridgehead atoms. The third kappa shape index (κ3) is 6.29. The molecule has 2 rings (SSSR count). The van der Waals surface area contributed by atoms with Crippen LogP contribution in [0.1, 0.15) is 27.7 Å². The molecule has 0 radical (unpaired) electrons. The first-order valence-electron chi connectivity index (χ1n) is 7.49. The number of hydrogen-bond acceptors (Lipinski definition) is 6. The Morgan fingerprint density at radius 1 is 0.917 bits per heavy atom. The van der Waals surface area contributed by atoms with E-state index in [-0.39, 0.29) is 0 Å². The number of aromatic nitrogens is 1. The van der Waals surface area contributed by atoms with Crippen LogP contribution in [0.2, 0.25) is 0 Å². The lowest BCUT2D eigenvalue weighted by atomic mass is 9.89. The maximum Gasteiger partial charge on any atom is 0.631 e. The quantitative estimate of drug-likeness (QED) is 0.634. The second-order valence-corrected chi connectivity index (χ2v) is 6.28. The summed E-state index contributed by atoms with van der Waals surface area (Å²) in [5, 5.41) is 31.6. The minimum absolute atomic E-state index is 0.664. The van der Waals surface area contributed by atoms with E-state index >= 15 is 0 Å². The topological polar surface area (TPSA) is 103 Å². The highest BCUT2D eigenvalue weighted by atomic mass is 16.5. The van der Waals surface area contributed by atoms with Gasteiger partial charge in [0, 0.05) is 12.4 Å². The summed E-state index contributed by atoms with van der Waals surface area (Å²) in [7, 11) is -2.17. The van der Waals surface area contributed by atoms with Crippen molar-refractivity contribution in [1.82, 2.24) is 4.98 Å². The largest absolute Gasteiger partial charge is 0.631 e. The highest BCUT2D eigenvalue weighted by molar-refractivity contribution is 6.30. The molecule has 2 aromatic rings. The number of nitrogens with zero attached hydrogens (tertiary/aromatic N) is 1. The van der Waals surface area contributed by atoms with Crippen molar-refractivity contribution >= 4 is 7.32 Å². The molecule has 0 unspecified atom stereocenters. The lowest BCUT2D eigenvalue weighted by Crippen LogP contribution is -2.49. The normalized spacial score (nSPS) is 11.3. The first kappa shape index (κ1) is 20.1. The summed E-state index contributed by atoms with van der Waals surface area (Å²) < 4.78 is 5.89. The van der Waals surface area contributed by atoms with E-state index in [1.807, 2.05) is 56.4 Å². The van der Waals surface area contributed by atoms with Gasteiger partial charge in [-0.05, 0) is 57.0 Å². The molecule has 7 heteroatoms. The molecule has 1 aromatic carbocycles. The SMILES string of the molecule is CC(C)(O)C(C)(C)Oc1ccc(-c2cccnc2)cc1.OB(O)O. The van der Waals surface area contributed by atoms with Gasteiger partial charge in [-0.2, -0.15) is 0 Å². The van der Waals surface area contributed by atoms with Crippen molar-refractivity contribution in [3.05, 3.63) is 48.8 Å². The number of rotatable bonds is 4. The minimum Gasteiger partial charge on any atom is -0.485 e. The minimum atomic E-state index is -2.17. The third-order valence-electron chi connectivity index (χ3n) is 3.70. The van der Waals surface area contributed by atoms with Crippen LogP contribution in [-0.2, 0) is 0 Å². The summed E-state index contributed by atoms with van der Waals surface area (Å²) in [5.41, 5.74) is 0.574. The smallest absolute Gasteiger partial charge is 0.485 e. The molecular formula is C17H24BNO5. The van der Waals surface area contributed by atoms with Gasteiger partial charge >= 0.3 is 7.32 Å². The second-order valence-electron chi connectivity index (χ2n) is 6.28. The van der Waals surface area contributed by atoms with Crippen LogP contribution in [0, 0.1) is 0 Å². The molecule has 0 spiro atoms. The van der Waals surface area contributed by atoms with E-state index in [0.29, 0.717) is 0 Å². The molecular weight excluding hydrogens is 309 g/mol. The van der Waals surface area contributed by atoms with E-state index in [2.05, 4.69) is 4.98 Å². The van der Waals surface area contributed by atoms with Crippen molar-refractivity contribution < 1.29 is 24.9 Å². The Bertz CT molecular complexity index is 606. The fourth-order valence-electron chi connectivity index (χ4n) is 1.67. The maximum atomic E-state index is 10.1. The molecule has 0 aliphatic rings. The van der Waals surface area contributed by atoms with Crippen molar-refractivity contribution in [1.29, 1.82) is 0 Å². The maximum absolute atomic E-state index is 10.1. The van der Waals surface area contributed by atoms with E-state index in [1.54, 1.807) is 20.0 Å². The van der Waals surface area contributed by atoms with E-state index in [9.17, 15) is 5.11 Å². The van der Waals surface area contributed by atoms with Crippen molar-refractivity contribution in [3.63, 3.8) is 0 Å². The summed E-state index contributed by atoms with van der Waals surface area (Å²) >= 11 is 0. The lowest BCUT2D eigenvalue weighted by Gasteiger charge is -2.37. The van der Waals surface area contributed by atoms with E-state index < -0.39 is 18.5 Å². The first-order valence-corrected chi connectivity index (χ1v) is 7.49. The number of benzene rings is 1. The van der Waals surface area contributed by atoms with Gasteiger partial charge in [0.25, 0.3) is 0 Å². The molecule has 4 N–H and O–H groups in total. The number of pyridine rings is 1. The Balaban J connectivity index is 0.000000648. The molecule has 0 aliphatic carbocycles. The Morgan fingerprint density at radius 3 is 1.88 bits per heavy atom. The standard InChI is InChI=1S/C17H21NO2.BH3O3/c1-16(2,19)17(3,4)20-15-9-7-13(8-10-15)14-6-5-11-18-12-14;2-1(3)4/h5-12,19H,1-4H3;2-4H. The van der Waals surface area contributed by atoms with Crippen LogP contribution in [0.4, 0.5) is 0 Å². The molecule has 6 nitrogen and oxygen atoms in total. The van der Waals surface area contributed by atoms with Gasteiger partial charge in [-0.15, -0.1) is 0 Å². The van der Waals surface area contributed by atoms with Crippen LogP contribution in [0.5, 0.6) is 5.75 Å². The average molecular weight is 333 g/mol. The highest BCUT2D eigenvalue weighted by Gasteiger charge is 2.37. The zero-order chi connectivity index (χ0) is 18.4. The lowest BCUT2D eigenvalue weighted by molar-refractivity contribution is -0.0906. The van der Waals surface area contributed by atoms with Gasteiger partial charge in [-0.1, -0.05) is 18.2 Å². The average Bonchev–Trinajstić information content (AvgIpc) is 2.47. The molecule has 0 atom stereocenters. The molecule has 130 valence electrons. The monoisotopic (exact) mass is 333 g/mol. The van der Waals surface area contributed by atoms with Gasteiger partial charge in [0.2, 0.25) is 0 Å². The molecule has 0 aliphatic heterocycles. The van der Waals surface area contributed by atoms with Crippen LogP contribution in [-0.4, -0.2) is 43.7 Å². The number of aliphatic hydroxyl groups is 1. The van der Waals surface area contributed by atoms with Gasteiger partial charge in [0.05, 0.1) is 5.60 Å². The summed E-state index contributed by atoms with van der Waals surface area (Å²) in [5.74, 6) is 0.741. The number of hydrogen-bond donors (Lipinski definition) is 4. The van der Waals surface area contributed by atoms with Crippen LogP contribution in [0.25, 0.3) is 11.1 Å². The fourth-order valence-corrected chi connectivity index (χ4v) is 1.67. The van der Waals surface area contributed by atoms with Crippen LogP contribution in [0.15, 0.2) is 48.8 Å². The summed E-state index contributed by atoms with van der Waals surface area (Å²) in [6, 6.07) is 11.7. The van der Waals surface area contributed by atoms with Crippen LogP contribution < -0.4 is 4.74 Å². The molecule has 0 saturated carbocycles. The molecule has 0 fully saturated rings. The zero-order valence-electron chi connectivity index (χ0n) is 14.3. The third-order valence-corrected chi connectivity index (χ3v) is 3.70. The van der Waals surface area contributed by atoms with E-state index in [0.717, 1.165) is 16.9 Å². The predicted molar refractivity (Wildman–Crippen MR) is 93.1 cm³/mol. The second kappa shape index (κ2) is 8.26. The van der Waals surface area contributed by atoms with Crippen LogP contribution >= 0.6 is 0 Å². The number of ether oxygens (including phenoxy) is 1. The van der Waals surface area contributed by atoms with Gasteiger partial charge in [-0.3, -0.25) is 4.98 Å². The summed E-state index contributed by atoms with van der Waals surface area (Å²) in [6.45, 7) is 7.25. The van der Waals surface area contributed by atoms with Gasteiger partial charge in [0.1, 0.15) is 11.4 Å². The summed E-state index contributed by atoms with van der Waals surface area (Å²) in [6.07, 6.45) is 3.59. The van der Waals surface area contributed by atoms with E-state index in [4.69, 9.17) is 19.8 Å². The first-order chi connectivity index (χ1) is 11.0. The Kier molecular flexibility index (Phi) is 6.92. The Morgan fingerprint density at radius 2 is 1.46 bits per heavy atom. The molecule has 1 heterocycles. The predicted octanol–water partition coefficient (Wildman–Crippen LogP) is 1.63. The molecule has 0 amide bonds. The Hall–Kier alpha value is -1.93. The van der Waals surface area contributed by atoms with Crippen molar-refractivity contribution in [2.75, 3.05) is 0 Å². The molecule has 0 saturated heterocycles. The summed E-state index contributed by atoms with van der Waals surface area (Å²) in [4.78, 5) is 4.11. The van der Waals surface area contributed by atoms with Crippen molar-refractivity contribution in [2.45, 2.75) is 38.9 Å². The van der Waals surface area contributed by atoms with Gasteiger partial charge < -0.3 is 24.9 Å². The molecule has 1 aromatic heterocycles. The molecule has 24 heavy (non-hydrogen) atoms. The zero-order valence-corrected chi connectivity index (χ0v) is 14.3. The Labute approximate surface area is 142 Å². The fraction of sp³-hybridized carbons (Fsp3) is 0.353. The van der Waals surface area contributed by atoms with Gasteiger partial charge in [0.15, 0.2) is 0 Å². The highest BCUT2D eigenvalue weighted by Crippen LogP contribution is 2.29. The van der Waals surface area contributed by atoms with Crippen molar-refractivity contribution in [2.24, 2.45) is 0 Å². The van der Waals surface area contributed by atoms with Crippen LogP contribution in [0.3, 0.4) is 0 Å².